The number of ketones is 1. The first-order valence-electron chi connectivity index (χ1n) is 11.8. The molecule has 10 heteroatoms. The topological polar surface area (TPSA) is 101 Å². The molecule has 0 aliphatic carbocycles. The molecule has 1 aliphatic rings. The molecule has 2 aromatic carbocycles. The van der Waals surface area contributed by atoms with E-state index in [0.717, 1.165) is 11.4 Å². The minimum absolute atomic E-state index is 0.0880. The van der Waals surface area contributed by atoms with Crippen LogP contribution in [0.5, 0.6) is 11.5 Å². The predicted molar refractivity (Wildman–Crippen MR) is 144 cm³/mol. The van der Waals surface area contributed by atoms with Gasteiger partial charge in [-0.1, -0.05) is 32.1 Å². The van der Waals surface area contributed by atoms with Gasteiger partial charge in [-0.15, -0.1) is 0 Å². The number of anilines is 3. The SMILES string of the molecule is COc1ccc(C(=O)c2sc(N3CCN(c4ccc(OC)cc4)C(=O)C3)nc2NC(=O)C(C)(C)C)cc1. The van der Waals surface area contributed by atoms with Gasteiger partial charge < -0.3 is 24.6 Å². The summed E-state index contributed by atoms with van der Waals surface area (Å²) in [7, 11) is 3.15. The van der Waals surface area contributed by atoms with Gasteiger partial charge in [0.05, 0.1) is 20.8 Å². The second kappa shape index (κ2) is 10.6. The number of amides is 2. The molecule has 0 spiro atoms. The number of piperazine rings is 1. The summed E-state index contributed by atoms with van der Waals surface area (Å²) in [5.41, 5.74) is 0.560. The summed E-state index contributed by atoms with van der Waals surface area (Å²) in [6, 6.07) is 14.1. The first-order valence-corrected chi connectivity index (χ1v) is 12.6. The molecule has 2 amide bonds. The number of carbonyl (C=O) groups excluding carboxylic acids is 3. The lowest BCUT2D eigenvalue weighted by Crippen LogP contribution is -2.50. The van der Waals surface area contributed by atoms with E-state index in [0.29, 0.717) is 34.4 Å². The number of thiazole rings is 1. The predicted octanol–water partition coefficient (Wildman–Crippen LogP) is 4.23. The quantitative estimate of drug-likeness (QED) is 0.464. The molecule has 0 unspecified atom stereocenters. The molecular formula is C27H30N4O5S. The minimum Gasteiger partial charge on any atom is -0.497 e. The van der Waals surface area contributed by atoms with Gasteiger partial charge in [-0.25, -0.2) is 4.98 Å². The van der Waals surface area contributed by atoms with Crippen molar-refractivity contribution in [2.45, 2.75) is 20.8 Å². The Balaban J connectivity index is 1.60. The van der Waals surface area contributed by atoms with Gasteiger partial charge in [0.25, 0.3) is 0 Å². The maximum Gasteiger partial charge on any atom is 0.246 e. The number of nitrogens with one attached hydrogen (secondary N) is 1. The number of methoxy groups -OCH3 is 2. The average Bonchev–Trinajstić information content (AvgIpc) is 3.31. The van der Waals surface area contributed by atoms with Gasteiger partial charge in [0.2, 0.25) is 17.6 Å². The number of aromatic nitrogens is 1. The van der Waals surface area contributed by atoms with E-state index in [-0.39, 0.29) is 30.0 Å². The Morgan fingerprint density at radius 3 is 2.08 bits per heavy atom. The highest BCUT2D eigenvalue weighted by atomic mass is 32.1. The van der Waals surface area contributed by atoms with Crippen LogP contribution in [0.3, 0.4) is 0 Å². The maximum atomic E-state index is 13.4. The fourth-order valence-electron chi connectivity index (χ4n) is 3.72. The Hall–Kier alpha value is -3.92. The smallest absolute Gasteiger partial charge is 0.246 e. The van der Waals surface area contributed by atoms with Crippen LogP contribution >= 0.6 is 11.3 Å². The lowest BCUT2D eigenvalue weighted by molar-refractivity contribution is -0.123. The van der Waals surface area contributed by atoms with Crippen molar-refractivity contribution in [3.05, 3.63) is 59.0 Å². The van der Waals surface area contributed by atoms with Gasteiger partial charge in [-0.2, -0.15) is 0 Å². The normalized spacial score (nSPS) is 13.9. The van der Waals surface area contributed by atoms with Crippen LogP contribution in [0.4, 0.5) is 16.6 Å². The van der Waals surface area contributed by atoms with E-state index in [1.54, 1.807) is 64.2 Å². The number of nitrogens with zero attached hydrogens (tertiary/aromatic N) is 3. The highest BCUT2D eigenvalue weighted by Crippen LogP contribution is 2.34. The number of hydrogen-bond acceptors (Lipinski definition) is 8. The molecule has 0 saturated carbocycles. The van der Waals surface area contributed by atoms with Gasteiger partial charge in [-0.3, -0.25) is 14.4 Å². The lowest BCUT2D eigenvalue weighted by atomic mass is 9.96. The Kier molecular flexibility index (Phi) is 7.49. The van der Waals surface area contributed by atoms with E-state index in [1.807, 2.05) is 29.2 Å². The fraction of sp³-hybridized carbons (Fsp3) is 0.333. The summed E-state index contributed by atoms with van der Waals surface area (Å²) in [5.74, 6) is 0.945. The summed E-state index contributed by atoms with van der Waals surface area (Å²) in [6.07, 6.45) is 0. The van der Waals surface area contributed by atoms with Crippen LogP contribution in [0.25, 0.3) is 0 Å². The van der Waals surface area contributed by atoms with Crippen LogP contribution in [0.2, 0.25) is 0 Å². The molecule has 9 nitrogen and oxygen atoms in total. The van der Waals surface area contributed by atoms with Gasteiger partial charge in [0, 0.05) is 29.8 Å². The molecule has 4 rings (SSSR count). The molecule has 1 fully saturated rings. The Morgan fingerprint density at radius 2 is 1.54 bits per heavy atom. The van der Waals surface area contributed by atoms with Crippen molar-refractivity contribution >= 4 is 45.6 Å². The standard InChI is InChI=1S/C27H30N4O5S/c1-27(2,3)25(34)28-24-23(22(33)17-6-10-19(35-4)11-7-17)37-26(29-24)30-14-15-31(21(32)16-30)18-8-12-20(36-5)13-9-18/h6-13H,14-16H2,1-5H3,(H,28,34). The average molecular weight is 523 g/mol. The molecule has 1 aromatic heterocycles. The second-order valence-electron chi connectivity index (χ2n) is 9.60. The van der Waals surface area contributed by atoms with E-state index >= 15 is 0 Å². The Labute approximate surface area is 220 Å². The molecule has 37 heavy (non-hydrogen) atoms. The summed E-state index contributed by atoms with van der Waals surface area (Å²) in [6.45, 7) is 6.44. The summed E-state index contributed by atoms with van der Waals surface area (Å²) in [4.78, 5) is 47.7. The third-order valence-corrected chi connectivity index (χ3v) is 7.08. The van der Waals surface area contributed by atoms with Crippen molar-refractivity contribution in [2.24, 2.45) is 5.41 Å². The molecule has 194 valence electrons. The number of rotatable bonds is 7. The van der Waals surface area contributed by atoms with Crippen molar-refractivity contribution in [3.8, 4) is 11.5 Å². The van der Waals surface area contributed by atoms with Gasteiger partial charge in [0.15, 0.2) is 10.9 Å². The molecule has 0 atom stereocenters. The van der Waals surface area contributed by atoms with Gasteiger partial charge in [-0.05, 0) is 48.5 Å². The number of carbonyl (C=O) groups is 3. The molecule has 1 aliphatic heterocycles. The monoisotopic (exact) mass is 522 g/mol. The van der Waals surface area contributed by atoms with E-state index in [2.05, 4.69) is 10.3 Å². The number of benzene rings is 2. The second-order valence-corrected chi connectivity index (χ2v) is 10.6. The number of hydrogen-bond donors (Lipinski definition) is 1. The fourth-order valence-corrected chi connectivity index (χ4v) is 4.73. The van der Waals surface area contributed by atoms with Crippen molar-refractivity contribution in [2.75, 3.05) is 49.0 Å². The van der Waals surface area contributed by atoms with Crippen molar-refractivity contribution in [1.29, 1.82) is 0 Å². The third kappa shape index (κ3) is 5.75. The third-order valence-electron chi connectivity index (χ3n) is 5.96. The summed E-state index contributed by atoms with van der Waals surface area (Å²) >= 11 is 1.17. The van der Waals surface area contributed by atoms with Crippen molar-refractivity contribution < 1.29 is 23.9 Å². The molecule has 1 saturated heterocycles. The largest absolute Gasteiger partial charge is 0.497 e. The number of ether oxygens (including phenoxy) is 2. The molecule has 1 N–H and O–H groups in total. The molecule has 0 bridgehead atoms. The van der Waals surface area contributed by atoms with Crippen LogP contribution in [-0.4, -0.2) is 56.4 Å². The zero-order chi connectivity index (χ0) is 26.7. The van der Waals surface area contributed by atoms with Crippen molar-refractivity contribution in [3.63, 3.8) is 0 Å². The highest BCUT2D eigenvalue weighted by Gasteiger charge is 2.31. The van der Waals surface area contributed by atoms with Crippen molar-refractivity contribution in [1.82, 2.24) is 4.98 Å². The lowest BCUT2D eigenvalue weighted by Gasteiger charge is -2.34. The molecule has 0 radical (unpaired) electrons. The van der Waals surface area contributed by atoms with E-state index in [4.69, 9.17) is 9.47 Å². The van der Waals surface area contributed by atoms with E-state index in [9.17, 15) is 14.4 Å². The zero-order valence-corrected chi connectivity index (χ0v) is 22.3. The Morgan fingerprint density at radius 1 is 0.946 bits per heavy atom. The molecular weight excluding hydrogens is 492 g/mol. The maximum absolute atomic E-state index is 13.4. The van der Waals surface area contributed by atoms with Gasteiger partial charge in [0.1, 0.15) is 16.4 Å². The van der Waals surface area contributed by atoms with Crippen LogP contribution < -0.4 is 24.6 Å². The van der Waals surface area contributed by atoms with E-state index < -0.39 is 5.41 Å². The van der Waals surface area contributed by atoms with Crippen LogP contribution in [0.1, 0.15) is 36.0 Å². The summed E-state index contributed by atoms with van der Waals surface area (Å²) < 4.78 is 10.4. The first kappa shape index (κ1) is 26.2. The minimum atomic E-state index is -0.676. The first-order chi connectivity index (χ1) is 17.6. The van der Waals surface area contributed by atoms with Crippen LogP contribution in [0.15, 0.2) is 48.5 Å². The zero-order valence-electron chi connectivity index (χ0n) is 21.5. The van der Waals surface area contributed by atoms with Gasteiger partial charge >= 0.3 is 0 Å². The molecule has 2 heterocycles. The van der Waals surface area contributed by atoms with Crippen LogP contribution in [-0.2, 0) is 9.59 Å². The summed E-state index contributed by atoms with van der Waals surface area (Å²) in [5, 5.41) is 3.32. The molecule has 3 aromatic rings. The van der Waals surface area contributed by atoms with E-state index in [1.165, 1.54) is 11.3 Å². The Bertz CT molecular complexity index is 1300. The highest BCUT2D eigenvalue weighted by molar-refractivity contribution is 7.18. The van der Waals surface area contributed by atoms with Crippen LogP contribution in [0, 0.1) is 5.41 Å².